The van der Waals surface area contributed by atoms with Crippen LogP contribution in [0.25, 0.3) is 0 Å². The van der Waals surface area contributed by atoms with Crippen molar-refractivity contribution < 1.29 is 18.6 Å². The molecule has 0 bridgehead atoms. The van der Waals surface area contributed by atoms with Gasteiger partial charge in [-0.1, -0.05) is 0 Å². The summed E-state index contributed by atoms with van der Waals surface area (Å²) in [6.45, 7) is 4.92. The summed E-state index contributed by atoms with van der Waals surface area (Å²) in [5, 5.41) is 0. The Balaban J connectivity index is -0.0000000128. The molecular weight excluding hydrogens is 538 g/mol. The molecule has 0 spiro atoms. The molecule has 0 aromatic carbocycles. The van der Waals surface area contributed by atoms with Gasteiger partial charge in [0.05, 0.1) is 0 Å². The van der Waals surface area contributed by atoms with E-state index in [1.807, 2.05) is 13.8 Å². The quantitative estimate of drug-likeness (QED) is 0.273. The van der Waals surface area contributed by atoms with Crippen LogP contribution in [0.2, 0.25) is 0 Å². The second kappa shape index (κ2) is 36.0. The van der Waals surface area contributed by atoms with Crippen LogP contribution in [0.4, 0.5) is 0 Å². The van der Waals surface area contributed by atoms with Gasteiger partial charge in [-0.05, 0) is 13.8 Å². The first kappa shape index (κ1) is 43.1. The molecule has 95 valence electrons. The van der Waals surface area contributed by atoms with Crippen LogP contribution >= 0.6 is 0 Å². The SMILES string of the molecule is C[C@@H](N)CN.C[C@H](N)CN.[Sb+3].[Se-2].[Se-2].[Se-2].[V]. The average Bonchev–Trinajstić information content (AvgIpc) is 1.89. The zero-order valence-electron chi connectivity index (χ0n) is 9.00. The first-order chi connectivity index (χ1) is 4.54. The minimum Gasteiger partial charge on any atom is -2.00 e. The van der Waals surface area contributed by atoms with Crippen molar-refractivity contribution in [2.75, 3.05) is 13.1 Å². The Kier molecular flexibility index (Phi) is 103. The molecule has 2 atom stereocenters. The first-order valence-electron chi connectivity index (χ1n) is 3.45. The molecular formula is C6H20N4SbSe3V-3. The van der Waals surface area contributed by atoms with E-state index in [0.717, 1.165) is 0 Å². The molecule has 0 heterocycles. The van der Waals surface area contributed by atoms with Crippen LogP contribution < -0.4 is 22.9 Å². The second-order valence-corrected chi connectivity index (χ2v) is 2.43. The molecule has 0 saturated carbocycles. The largest absolute Gasteiger partial charge is 3.00 e. The van der Waals surface area contributed by atoms with E-state index in [1.165, 1.54) is 0 Å². The van der Waals surface area contributed by atoms with E-state index < -0.39 is 0 Å². The van der Waals surface area contributed by atoms with Crippen molar-refractivity contribution in [3.05, 3.63) is 0 Å². The molecule has 0 saturated heterocycles. The smallest absolute Gasteiger partial charge is 2.00 e. The molecule has 0 rings (SSSR count). The second-order valence-electron chi connectivity index (χ2n) is 2.43. The van der Waals surface area contributed by atoms with Crippen LogP contribution in [0.15, 0.2) is 0 Å². The zero-order valence-corrected chi connectivity index (χ0v) is 18.1. The van der Waals surface area contributed by atoms with Crippen molar-refractivity contribution in [2.45, 2.75) is 25.9 Å². The van der Waals surface area contributed by atoms with Gasteiger partial charge >= 0.3 is 24.4 Å². The third-order valence-electron chi connectivity index (χ3n) is 0.744. The number of rotatable bonds is 2. The van der Waals surface area contributed by atoms with Gasteiger partial charge < -0.3 is 74.1 Å². The van der Waals surface area contributed by atoms with Crippen molar-refractivity contribution in [1.82, 2.24) is 0 Å². The Labute approximate surface area is 154 Å². The number of nitrogens with two attached hydrogens (primary N) is 4. The third-order valence-corrected chi connectivity index (χ3v) is 0.744. The summed E-state index contributed by atoms with van der Waals surface area (Å²) in [5.41, 5.74) is 20.4. The fourth-order valence-corrected chi connectivity index (χ4v) is 0. The summed E-state index contributed by atoms with van der Waals surface area (Å²) < 4.78 is 0. The Morgan fingerprint density at radius 2 is 0.867 bits per heavy atom. The molecule has 0 aliphatic rings. The standard InChI is InChI=1S/2C3H10N2.Sb.3Se.V/c2*1-3(5)2-4;;;;;/h2*3H,2,4-5H2,1H3;;;;;/q;;+3;3*-2;/t2*3-;;;;;/m10...../s1. The minimum atomic E-state index is 0. The van der Waals surface area contributed by atoms with Crippen molar-refractivity contribution in [3.63, 3.8) is 0 Å². The van der Waals surface area contributed by atoms with Gasteiger partial charge in [0.15, 0.2) is 0 Å². The van der Waals surface area contributed by atoms with E-state index in [-0.39, 0.29) is 106 Å². The number of hydrogen-bond acceptors (Lipinski definition) is 4. The van der Waals surface area contributed by atoms with Gasteiger partial charge in [0.25, 0.3) is 0 Å². The molecule has 0 fully saturated rings. The van der Waals surface area contributed by atoms with Crippen molar-refractivity contribution in [3.8, 4) is 0 Å². The number of hydrogen-bond donors (Lipinski definition) is 4. The molecule has 3 radical (unpaired) electrons. The van der Waals surface area contributed by atoms with Crippen molar-refractivity contribution >= 4 is 75.6 Å². The molecule has 15 heavy (non-hydrogen) atoms. The topological polar surface area (TPSA) is 104 Å². The minimum absolute atomic E-state index is 0. The van der Waals surface area contributed by atoms with E-state index >= 15 is 0 Å². The Hall–Kier alpha value is 2.80. The summed E-state index contributed by atoms with van der Waals surface area (Å²) >= 11 is 0. The fourth-order valence-electron chi connectivity index (χ4n) is 0. The summed E-state index contributed by atoms with van der Waals surface area (Å²) in [6.07, 6.45) is 0. The van der Waals surface area contributed by atoms with Crippen LogP contribution in [0.5, 0.6) is 0 Å². The molecule has 0 aromatic rings. The predicted octanol–water partition coefficient (Wildman–Crippen LogP) is -2.94. The molecule has 8 N–H and O–H groups in total. The first-order valence-corrected chi connectivity index (χ1v) is 3.45. The van der Waals surface area contributed by atoms with E-state index in [0.29, 0.717) is 13.1 Å². The summed E-state index contributed by atoms with van der Waals surface area (Å²) in [7, 11) is 0. The van der Waals surface area contributed by atoms with E-state index in [2.05, 4.69) is 0 Å². The molecule has 0 amide bonds. The zero-order chi connectivity index (χ0) is 8.57. The Bertz CT molecular complexity index is 66.3. The van der Waals surface area contributed by atoms with Crippen LogP contribution in [-0.2, 0) is 18.6 Å². The van der Waals surface area contributed by atoms with E-state index in [4.69, 9.17) is 22.9 Å². The van der Waals surface area contributed by atoms with Gasteiger partial charge in [0.2, 0.25) is 0 Å². The van der Waals surface area contributed by atoms with Gasteiger partial charge in [0, 0.05) is 43.7 Å². The molecule has 0 aliphatic carbocycles. The van der Waals surface area contributed by atoms with Crippen LogP contribution in [0, 0.1) is 0 Å². The third kappa shape index (κ3) is 79.6. The van der Waals surface area contributed by atoms with Gasteiger partial charge in [-0.3, -0.25) is 0 Å². The normalized spacial score (nSPS) is 10.0. The average molecular weight is 558 g/mol. The van der Waals surface area contributed by atoms with Gasteiger partial charge in [-0.15, -0.1) is 0 Å². The van der Waals surface area contributed by atoms with Crippen molar-refractivity contribution in [1.29, 1.82) is 0 Å². The maximum atomic E-state index is 5.17. The molecule has 0 unspecified atom stereocenters. The van der Waals surface area contributed by atoms with Crippen LogP contribution in [-0.4, -0.2) is 101 Å². The Morgan fingerprint density at radius 1 is 0.800 bits per heavy atom. The van der Waals surface area contributed by atoms with Crippen LogP contribution in [0.1, 0.15) is 13.8 Å². The van der Waals surface area contributed by atoms with Crippen molar-refractivity contribution in [2.24, 2.45) is 22.9 Å². The summed E-state index contributed by atoms with van der Waals surface area (Å²) in [4.78, 5) is 0. The molecule has 4 nitrogen and oxygen atoms in total. The Morgan fingerprint density at radius 3 is 0.867 bits per heavy atom. The maximum Gasteiger partial charge on any atom is 3.00 e. The summed E-state index contributed by atoms with van der Waals surface area (Å²) in [5.74, 6) is 0. The predicted molar refractivity (Wildman–Crippen MR) is 68.4 cm³/mol. The fraction of sp³-hybridized carbons (Fsp3) is 1.00. The van der Waals surface area contributed by atoms with Gasteiger partial charge in [0.1, 0.15) is 0 Å². The monoisotopic (exact) mass is 560 g/mol. The van der Waals surface area contributed by atoms with Gasteiger partial charge in [-0.2, -0.15) is 0 Å². The van der Waals surface area contributed by atoms with E-state index in [9.17, 15) is 0 Å². The van der Waals surface area contributed by atoms with E-state index in [1.54, 1.807) is 0 Å². The summed E-state index contributed by atoms with van der Waals surface area (Å²) in [6, 6.07) is 0.324. The maximum absolute atomic E-state index is 5.17. The molecule has 0 aromatic heterocycles. The molecule has 9 heteroatoms. The van der Waals surface area contributed by atoms with Crippen LogP contribution in [0.3, 0.4) is 0 Å². The molecule has 0 aliphatic heterocycles. The van der Waals surface area contributed by atoms with Gasteiger partial charge in [-0.25, -0.2) is 0 Å².